The molecule has 134 valence electrons. The molecule has 1 heterocycles. The van der Waals surface area contributed by atoms with Crippen LogP contribution in [0.3, 0.4) is 0 Å². The van der Waals surface area contributed by atoms with Crippen LogP contribution in [0.2, 0.25) is 0 Å². The standard InChI is InChI=1S/C20H20N2O3S/c1-2-25-17-6-4-3-5-13(17)7-10-19(24)22-20-16(12-21)15-9-8-14(23)11-18(15)26-20/h3-7,10,14,23H,2,8-9,11H2,1H3,(H,22,24)/b10-7+. The van der Waals surface area contributed by atoms with E-state index in [0.717, 1.165) is 21.8 Å². The maximum atomic E-state index is 12.3. The highest BCUT2D eigenvalue weighted by molar-refractivity contribution is 7.16. The zero-order valence-corrected chi connectivity index (χ0v) is 15.3. The molecule has 1 aliphatic carbocycles. The number of benzene rings is 1. The molecule has 5 nitrogen and oxygen atoms in total. The molecule has 0 fully saturated rings. The largest absolute Gasteiger partial charge is 0.493 e. The number of rotatable bonds is 5. The first kappa shape index (κ1) is 18.2. The van der Waals surface area contributed by atoms with Crippen molar-refractivity contribution >= 4 is 28.3 Å². The molecule has 1 unspecified atom stereocenters. The monoisotopic (exact) mass is 368 g/mol. The van der Waals surface area contributed by atoms with E-state index in [-0.39, 0.29) is 12.0 Å². The molecule has 1 amide bonds. The molecule has 0 saturated heterocycles. The lowest BCUT2D eigenvalue weighted by Gasteiger charge is -2.16. The van der Waals surface area contributed by atoms with Crippen molar-refractivity contribution in [2.45, 2.75) is 32.3 Å². The summed E-state index contributed by atoms with van der Waals surface area (Å²) in [6.07, 6.45) is 4.63. The van der Waals surface area contributed by atoms with Crippen LogP contribution in [0.25, 0.3) is 6.08 Å². The van der Waals surface area contributed by atoms with Crippen LogP contribution in [-0.2, 0) is 17.6 Å². The van der Waals surface area contributed by atoms with E-state index in [4.69, 9.17) is 4.74 Å². The van der Waals surface area contributed by atoms with E-state index < -0.39 is 0 Å². The molecule has 0 saturated carbocycles. The minimum Gasteiger partial charge on any atom is -0.493 e. The minimum absolute atomic E-state index is 0.299. The highest BCUT2D eigenvalue weighted by Crippen LogP contribution is 2.37. The van der Waals surface area contributed by atoms with Crippen molar-refractivity contribution in [1.29, 1.82) is 5.26 Å². The first-order valence-corrected chi connectivity index (χ1v) is 9.37. The summed E-state index contributed by atoms with van der Waals surface area (Å²) in [6.45, 7) is 2.46. The summed E-state index contributed by atoms with van der Waals surface area (Å²) in [5.74, 6) is 0.421. The van der Waals surface area contributed by atoms with Crippen LogP contribution in [0.1, 0.15) is 34.9 Å². The molecule has 1 atom stereocenters. The quantitative estimate of drug-likeness (QED) is 0.791. The number of aliphatic hydroxyl groups excluding tert-OH is 1. The van der Waals surface area contributed by atoms with Crippen LogP contribution in [0.4, 0.5) is 5.00 Å². The van der Waals surface area contributed by atoms with Crippen molar-refractivity contribution in [3.8, 4) is 11.8 Å². The van der Waals surface area contributed by atoms with Gasteiger partial charge in [0.05, 0.1) is 18.3 Å². The molecule has 3 rings (SSSR count). The lowest BCUT2D eigenvalue weighted by Crippen LogP contribution is -2.17. The fourth-order valence-electron chi connectivity index (χ4n) is 3.00. The number of para-hydroxylation sites is 1. The third kappa shape index (κ3) is 3.96. The zero-order valence-electron chi connectivity index (χ0n) is 14.5. The van der Waals surface area contributed by atoms with Crippen LogP contribution in [0, 0.1) is 11.3 Å². The van der Waals surface area contributed by atoms with Crippen molar-refractivity contribution in [2.24, 2.45) is 0 Å². The Kier molecular flexibility index (Phi) is 5.71. The lowest BCUT2D eigenvalue weighted by atomic mass is 9.94. The van der Waals surface area contributed by atoms with Gasteiger partial charge in [0.2, 0.25) is 5.91 Å². The van der Waals surface area contributed by atoms with Crippen molar-refractivity contribution in [2.75, 3.05) is 11.9 Å². The van der Waals surface area contributed by atoms with Gasteiger partial charge in [-0.1, -0.05) is 18.2 Å². The average molecular weight is 368 g/mol. The summed E-state index contributed by atoms with van der Waals surface area (Å²) in [7, 11) is 0. The maximum Gasteiger partial charge on any atom is 0.249 e. The van der Waals surface area contributed by atoms with Gasteiger partial charge in [0.15, 0.2) is 0 Å². The molecule has 0 radical (unpaired) electrons. The van der Waals surface area contributed by atoms with Crippen molar-refractivity contribution < 1.29 is 14.6 Å². The van der Waals surface area contributed by atoms with Gasteiger partial charge >= 0.3 is 0 Å². The summed E-state index contributed by atoms with van der Waals surface area (Å²) < 4.78 is 5.54. The summed E-state index contributed by atoms with van der Waals surface area (Å²) in [6, 6.07) is 9.69. The Morgan fingerprint density at radius 2 is 2.31 bits per heavy atom. The molecule has 1 aliphatic rings. The Morgan fingerprint density at radius 3 is 3.08 bits per heavy atom. The summed E-state index contributed by atoms with van der Waals surface area (Å²) in [5, 5.41) is 22.6. The number of aliphatic hydroxyl groups is 1. The molecule has 2 aromatic rings. The van der Waals surface area contributed by atoms with Crippen molar-refractivity contribution in [3.63, 3.8) is 0 Å². The fraction of sp³-hybridized carbons (Fsp3) is 0.300. The SMILES string of the molecule is CCOc1ccccc1/C=C/C(=O)Nc1sc2c(c1C#N)CCC(O)C2. The fourth-order valence-corrected chi connectivity index (χ4v) is 4.27. The Hall–Kier alpha value is -2.62. The second-order valence-electron chi connectivity index (χ2n) is 6.01. The van der Waals surface area contributed by atoms with E-state index in [1.165, 1.54) is 17.4 Å². The molecule has 0 bridgehead atoms. The Labute approximate surface area is 156 Å². The minimum atomic E-state index is -0.369. The average Bonchev–Trinajstić information content (AvgIpc) is 2.97. The Balaban J connectivity index is 1.76. The highest BCUT2D eigenvalue weighted by Gasteiger charge is 2.25. The van der Waals surface area contributed by atoms with E-state index in [9.17, 15) is 15.2 Å². The number of fused-ring (bicyclic) bond motifs is 1. The summed E-state index contributed by atoms with van der Waals surface area (Å²) in [5.41, 5.74) is 2.30. The van der Waals surface area contributed by atoms with Crippen LogP contribution in [0.5, 0.6) is 5.75 Å². The molecule has 1 aromatic carbocycles. The predicted molar refractivity (Wildman–Crippen MR) is 102 cm³/mol. The topological polar surface area (TPSA) is 82.3 Å². The van der Waals surface area contributed by atoms with Gasteiger partial charge in [0, 0.05) is 22.9 Å². The Bertz CT molecular complexity index is 880. The van der Waals surface area contributed by atoms with Crippen molar-refractivity contribution in [1.82, 2.24) is 0 Å². The van der Waals surface area contributed by atoms with Gasteiger partial charge in [-0.05, 0) is 37.5 Å². The number of nitriles is 1. The number of thiophene rings is 1. The number of amides is 1. The number of nitrogens with one attached hydrogen (secondary N) is 1. The van der Waals surface area contributed by atoms with E-state index in [1.54, 1.807) is 6.08 Å². The number of ether oxygens (including phenoxy) is 1. The molecule has 26 heavy (non-hydrogen) atoms. The number of anilines is 1. The van der Waals surface area contributed by atoms with Crippen LogP contribution >= 0.6 is 11.3 Å². The number of carbonyl (C=O) groups excluding carboxylic acids is 1. The molecule has 0 aliphatic heterocycles. The summed E-state index contributed by atoms with van der Waals surface area (Å²) >= 11 is 1.38. The molecule has 6 heteroatoms. The molecule has 1 aromatic heterocycles. The second-order valence-corrected chi connectivity index (χ2v) is 7.11. The maximum absolute atomic E-state index is 12.3. The van der Waals surface area contributed by atoms with Gasteiger partial charge < -0.3 is 15.2 Å². The third-order valence-corrected chi connectivity index (χ3v) is 5.39. The first-order valence-electron chi connectivity index (χ1n) is 8.56. The van der Waals surface area contributed by atoms with Crippen LogP contribution < -0.4 is 10.1 Å². The van der Waals surface area contributed by atoms with E-state index in [1.807, 2.05) is 31.2 Å². The van der Waals surface area contributed by atoms with E-state index in [0.29, 0.717) is 36.4 Å². The second kappa shape index (κ2) is 8.17. The van der Waals surface area contributed by atoms with Crippen molar-refractivity contribution in [3.05, 3.63) is 51.9 Å². The van der Waals surface area contributed by atoms with E-state index in [2.05, 4.69) is 11.4 Å². The zero-order chi connectivity index (χ0) is 18.5. The van der Waals surface area contributed by atoms with Crippen LogP contribution in [-0.4, -0.2) is 23.7 Å². The first-order chi connectivity index (χ1) is 12.6. The van der Waals surface area contributed by atoms with Crippen LogP contribution in [0.15, 0.2) is 30.3 Å². The number of hydrogen-bond acceptors (Lipinski definition) is 5. The van der Waals surface area contributed by atoms with E-state index >= 15 is 0 Å². The number of carbonyl (C=O) groups is 1. The lowest BCUT2D eigenvalue weighted by molar-refractivity contribution is -0.111. The molecular weight excluding hydrogens is 348 g/mol. The molecular formula is C20H20N2O3S. The Morgan fingerprint density at radius 1 is 1.50 bits per heavy atom. The van der Waals surface area contributed by atoms with Gasteiger partial charge in [0.1, 0.15) is 16.8 Å². The predicted octanol–water partition coefficient (Wildman–Crippen LogP) is 3.52. The number of nitrogens with zero attached hydrogens (tertiary/aromatic N) is 1. The highest BCUT2D eigenvalue weighted by atomic mass is 32.1. The van der Waals surface area contributed by atoms with Gasteiger partial charge in [-0.15, -0.1) is 11.3 Å². The third-order valence-electron chi connectivity index (χ3n) is 4.22. The van der Waals surface area contributed by atoms with Gasteiger partial charge in [-0.3, -0.25) is 4.79 Å². The van der Waals surface area contributed by atoms with Gasteiger partial charge in [-0.2, -0.15) is 5.26 Å². The number of hydrogen-bond donors (Lipinski definition) is 2. The normalized spacial score (nSPS) is 16.1. The summed E-state index contributed by atoms with van der Waals surface area (Å²) in [4.78, 5) is 13.3. The van der Waals surface area contributed by atoms with Gasteiger partial charge in [0.25, 0.3) is 0 Å². The molecule has 2 N–H and O–H groups in total. The smallest absolute Gasteiger partial charge is 0.249 e. The molecule has 0 spiro atoms. The van der Waals surface area contributed by atoms with Gasteiger partial charge in [-0.25, -0.2) is 0 Å².